The highest BCUT2D eigenvalue weighted by Gasteiger charge is 2.28. The average Bonchev–Trinajstić information content (AvgIpc) is 2.86. The molecule has 2 unspecified atom stereocenters. The number of nitrogens with zero attached hydrogens (tertiary/aromatic N) is 1. The van der Waals surface area contributed by atoms with E-state index in [9.17, 15) is 4.79 Å². The van der Waals surface area contributed by atoms with Gasteiger partial charge in [-0.2, -0.15) is 0 Å². The quantitative estimate of drug-likeness (QED) is 0.938. The van der Waals surface area contributed by atoms with Crippen molar-refractivity contribution in [3.63, 3.8) is 0 Å². The van der Waals surface area contributed by atoms with Gasteiger partial charge in [0.2, 0.25) is 0 Å². The number of benzene rings is 1. The molecule has 0 aliphatic heterocycles. The van der Waals surface area contributed by atoms with Gasteiger partial charge in [-0.3, -0.25) is 4.79 Å². The summed E-state index contributed by atoms with van der Waals surface area (Å²) in [5.41, 5.74) is 1.71. The van der Waals surface area contributed by atoms with Crippen LogP contribution in [0.3, 0.4) is 0 Å². The number of para-hydroxylation sites is 1. The van der Waals surface area contributed by atoms with Crippen LogP contribution in [0.5, 0.6) is 0 Å². The second-order valence-electron chi connectivity index (χ2n) is 6.94. The van der Waals surface area contributed by atoms with E-state index in [1.807, 2.05) is 31.2 Å². The van der Waals surface area contributed by atoms with Crippen LogP contribution in [-0.4, -0.2) is 37.5 Å². The van der Waals surface area contributed by atoms with Gasteiger partial charge >= 0.3 is 0 Å². The smallest absolute Gasteiger partial charge is 0.287 e. The van der Waals surface area contributed by atoms with Gasteiger partial charge in [-0.15, -0.1) is 0 Å². The summed E-state index contributed by atoms with van der Waals surface area (Å²) in [6.45, 7) is 2.98. The molecule has 0 bridgehead atoms. The summed E-state index contributed by atoms with van der Waals surface area (Å²) in [7, 11) is 4.19. The molecule has 1 aromatic carbocycles. The third-order valence-corrected chi connectivity index (χ3v) is 4.88. The third-order valence-electron chi connectivity index (χ3n) is 4.88. The van der Waals surface area contributed by atoms with Gasteiger partial charge in [0, 0.05) is 23.5 Å². The van der Waals surface area contributed by atoms with Gasteiger partial charge in [0.15, 0.2) is 5.76 Å². The number of fused-ring (bicyclic) bond motifs is 1. The first-order chi connectivity index (χ1) is 11.1. The third kappa shape index (κ3) is 3.42. The van der Waals surface area contributed by atoms with E-state index >= 15 is 0 Å². The molecule has 1 aromatic heterocycles. The largest absolute Gasteiger partial charge is 0.451 e. The highest BCUT2D eigenvalue weighted by Crippen LogP contribution is 2.28. The Morgan fingerprint density at radius 2 is 2.00 bits per heavy atom. The molecule has 4 heteroatoms. The lowest BCUT2D eigenvalue weighted by atomic mass is 9.84. The van der Waals surface area contributed by atoms with Crippen molar-refractivity contribution in [2.24, 2.45) is 5.92 Å². The van der Waals surface area contributed by atoms with Crippen LogP contribution in [0.25, 0.3) is 11.0 Å². The Labute approximate surface area is 137 Å². The van der Waals surface area contributed by atoms with Crippen LogP contribution in [0.1, 0.15) is 41.8 Å². The number of amides is 1. The van der Waals surface area contributed by atoms with Crippen molar-refractivity contribution >= 4 is 16.9 Å². The number of hydrogen-bond donors (Lipinski definition) is 1. The zero-order valence-corrected chi connectivity index (χ0v) is 14.3. The van der Waals surface area contributed by atoms with Crippen molar-refractivity contribution in [1.29, 1.82) is 0 Å². The van der Waals surface area contributed by atoms with Crippen LogP contribution in [-0.2, 0) is 0 Å². The van der Waals surface area contributed by atoms with Gasteiger partial charge in [-0.25, -0.2) is 0 Å². The molecule has 0 radical (unpaired) electrons. The number of aryl methyl sites for hydroxylation is 1. The minimum absolute atomic E-state index is 0.0747. The Hall–Kier alpha value is -1.81. The van der Waals surface area contributed by atoms with E-state index in [1.54, 1.807) is 0 Å². The number of nitrogens with one attached hydrogen (secondary N) is 1. The summed E-state index contributed by atoms with van der Waals surface area (Å²) in [5, 5.41) is 4.25. The van der Waals surface area contributed by atoms with Crippen LogP contribution >= 0.6 is 0 Å². The number of rotatable bonds is 4. The summed E-state index contributed by atoms with van der Waals surface area (Å²) >= 11 is 0. The molecule has 23 heavy (non-hydrogen) atoms. The molecule has 124 valence electrons. The Kier molecular flexibility index (Phi) is 4.71. The van der Waals surface area contributed by atoms with E-state index in [-0.39, 0.29) is 11.9 Å². The molecule has 2 aromatic rings. The van der Waals surface area contributed by atoms with Gasteiger partial charge in [-0.05, 0) is 45.8 Å². The van der Waals surface area contributed by atoms with Crippen LogP contribution < -0.4 is 5.32 Å². The number of carbonyl (C=O) groups excluding carboxylic acids is 1. The number of carbonyl (C=O) groups is 1. The fraction of sp³-hybridized carbons (Fsp3) is 0.526. The van der Waals surface area contributed by atoms with Crippen molar-refractivity contribution in [3.8, 4) is 0 Å². The molecule has 3 rings (SSSR count). The molecule has 1 heterocycles. The maximum Gasteiger partial charge on any atom is 0.287 e. The van der Waals surface area contributed by atoms with E-state index in [1.165, 1.54) is 19.3 Å². The maximum atomic E-state index is 12.7. The van der Waals surface area contributed by atoms with Crippen molar-refractivity contribution in [2.75, 3.05) is 20.6 Å². The standard InChI is InChI=1S/C19H26N2O2/c1-13-15-9-5-7-11-17(15)23-18(13)19(22)20-16-10-6-4-8-14(16)12-21(2)3/h5,7,9,11,14,16H,4,6,8,10,12H2,1-3H3,(H,20,22). The Balaban J connectivity index is 1.77. The van der Waals surface area contributed by atoms with Gasteiger partial charge in [0.25, 0.3) is 5.91 Å². The van der Waals surface area contributed by atoms with Gasteiger partial charge in [0.05, 0.1) is 0 Å². The fourth-order valence-corrected chi connectivity index (χ4v) is 3.71. The summed E-state index contributed by atoms with van der Waals surface area (Å²) < 4.78 is 5.80. The van der Waals surface area contributed by atoms with Crippen LogP contribution in [0, 0.1) is 12.8 Å². The lowest BCUT2D eigenvalue weighted by molar-refractivity contribution is 0.0868. The SMILES string of the molecule is Cc1c(C(=O)NC2CCCCC2CN(C)C)oc2ccccc12. The Morgan fingerprint density at radius 3 is 2.74 bits per heavy atom. The molecule has 1 aliphatic carbocycles. The van der Waals surface area contributed by atoms with E-state index in [0.29, 0.717) is 11.7 Å². The summed E-state index contributed by atoms with van der Waals surface area (Å²) in [5.74, 6) is 0.905. The Bertz CT molecular complexity index is 690. The van der Waals surface area contributed by atoms with Gasteiger partial charge < -0.3 is 14.6 Å². The molecule has 2 atom stereocenters. The van der Waals surface area contributed by atoms with E-state index in [4.69, 9.17) is 4.42 Å². The predicted octanol–water partition coefficient (Wildman–Crippen LogP) is 3.59. The first-order valence-electron chi connectivity index (χ1n) is 8.50. The molecule has 1 fully saturated rings. The first kappa shape index (κ1) is 16.1. The highest BCUT2D eigenvalue weighted by atomic mass is 16.3. The molecule has 1 saturated carbocycles. The lowest BCUT2D eigenvalue weighted by Crippen LogP contribution is -2.45. The zero-order valence-electron chi connectivity index (χ0n) is 14.3. The lowest BCUT2D eigenvalue weighted by Gasteiger charge is -2.33. The van der Waals surface area contributed by atoms with Crippen molar-refractivity contribution in [1.82, 2.24) is 10.2 Å². The second-order valence-corrected chi connectivity index (χ2v) is 6.94. The van der Waals surface area contributed by atoms with Crippen molar-refractivity contribution in [2.45, 2.75) is 38.6 Å². The molecule has 1 aliphatic rings. The average molecular weight is 314 g/mol. The number of hydrogen-bond acceptors (Lipinski definition) is 3. The van der Waals surface area contributed by atoms with Crippen LogP contribution in [0.2, 0.25) is 0 Å². The van der Waals surface area contributed by atoms with Crippen molar-refractivity contribution in [3.05, 3.63) is 35.6 Å². The van der Waals surface area contributed by atoms with Gasteiger partial charge in [-0.1, -0.05) is 31.0 Å². The van der Waals surface area contributed by atoms with E-state index < -0.39 is 0 Å². The maximum absolute atomic E-state index is 12.7. The molecule has 0 spiro atoms. The zero-order chi connectivity index (χ0) is 16.4. The fourth-order valence-electron chi connectivity index (χ4n) is 3.71. The van der Waals surface area contributed by atoms with Gasteiger partial charge in [0.1, 0.15) is 5.58 Å². The monoisotopic (exact) mass is 314 g/mol. The minimum Gasteiger partial charge on any atom is -0.451 e. The Morgan fingerprint density at radius 1 is 1.26 bits per heavy atom. The summed E-state index contributed by atoms with van der Waals surface area (Å²) in [4.78, 5) is 14.9. The van der Waals surface area contributed by atoms with Crippen LogP contribution in [0.15, 0.2) is 28.7 Å². The first-order valence-corrected chi connectivity index (χ1v) is 8.50. The predicted molar refractivity (Wildman–Crippen MR) is 92.7 cm³/mol. The topological polar surface area (TPSA) is 45.5 Å². The molecular weight excluding hydrogens is 288 g/mol. The molecule has 1 N–H and O–H groups in total. The minimum atomic E-state index is -0.0747. The molecule has 4 nitrogen and oxygen atoms in total. The summed E-state index contributed by atoms with van der Waals surface area (Å²) in [6.07, 6.45) is 4.69. The van der Waals surface area contributed by atoms with Crippen LogP contribution in [0.4, 0.5) is 0 Å². The molecule has 0 saturated heterocycles. The second kappa shape index (κ2) is 6.75. The molecule has 1 amide bonds. The van der Waals surface area contributed by atoms with Crippen molar-refractivity contribution < 1.29 is 9.21 Å². The summed E-state index contributed by atoms with van der Waals surface area (Å²) in [6, 6.07) is 8.06. The molecular formula is C19H26N2O2. The van der Waals surface area contributed by atoms with E-state index in [2.05, 4.69) is 24.3 Å². The normalized spacial score (nSPS) is 21.7. The highest BCUT2D eigenvalue weighted by molar-refractivity contribution is 5.99. The number of furan rings is 1. The van der Waals surface area contributed by atoms with E-state index in [0.717, 1.165) is 29.5 Å².